The van der Waals surface area contributed by atoms with E-state index >= 15 is 0 Å². The Hall–Kier alpha value is -1.61. The van der Waals surface area contributed by atoms with Crippen molar-refractivity contribution in [1.82, 2.24) is 4.98 Å². The van der Waals surface area contributed by atoms with Crippen LogP contribution >= 0.6 is 11.3 Å². The monoisotopic (exact) mass is 314 g/mol. The van der Waals surface area contributed by atoms with Crippen molar-refractivity contribution >= 4 is 17.0 Å². The molecule has 0 saturated heterocycles. The average Bonchev–Trinajstić information content (AvgIpc) is 2.90. The summed E-state index contributed by atoms with van der Waals surface area (Å²) >= 11 is 1.73. The maximum absolute atomic E-state index is 4.81. The van der Waals surface area contributed by atoms with Gasteiger partial charge >= 0.3 is 0 Å². The average molecular weight is 314 g/mol. The van der Waals surface area contributed by atoms with E-state index in [0.29, 0.717) is 12.0 Å². The van der Waals surface area contributed by atoms with E-state index in [2.05, 4.69) is 76.6 Å². The van der Waals surface area contributed by atoms with Gasteiger partial charge in [-0.15, -0.1) is 11.3 Å². The van der Waals surface area contributed by atoms with Crippen molar-refractivity contribution in [2.75, 3.05) is 4.90 Å². The second-order valence-corrected chi connectivity index (χ2v) is 7.24. The molecule has 0 amide bonds. The summed E-state index contributed by atoms with van der Waals surface area (Å²) in [5.74, 6) is 0.469. The summed E-state index contributed by atoms with van der Waals surface area (Å²) < 4.78 is 0. The fourth-order valence-electron chi connectivity index (χ4n) is 2.72. The predicted molar refractivity (Wildman–Crippen MR) is 98.8 cm³/mol. The first kappa shape index (κ1) is 16.8. The zero-order chi connectivity index (χ0) is 16.4. The molecule has 0 atom stereocenters. The van der Waals surface area contributed by atoms with Gasteiger partial charge in [-0.25, -0.2) is 4.98 Å². The first-order valence-corrected chi connectivity index (χ1v) is 8.71. The lowest BCUT2D eigenvalue weighted by Gasteiger charge is -2.31. The van der Waals surface area contributed by atoms with Crippen molar-refractivity contribution in [1.29, 1.82) is 0 Å². The van der Waals surface area contributed by atoms with E-state index in [9.17, 15) is 0 Å². The Bertz CT molecular complexity index is 668. The number of hydrogen-bond donors (Lipinski definition) is 0. The lowest BCUT2D eigenvalue weighted by atomic mass is 10.0. The standard InChI is InChI=1S/C19H26N2S/c1-12(2)17-11-22-19(20-17)16-9-8-10-18(15(16)7)21(13(3)4)14(5)6/h8-12,14H,3H2,1-2,4-7H3. The molecule has 0 spiro atoms. The molecular formula is C19H26N2S. The van der Waals surface area contributed by atoms with Crippen molar-refractivity contribution in [2.24, 2.45) is 0 Å². The molecule has 1 aromatic heterocycles. The molecule has 0 aliphatic carbocycles. The molecule has 118 valence electrons. The molecule has 0 bridgehead atoms. The van der Waals surface area contributed by atoms with Crippen molar-refractivity contribution in [3.63, 3.8) is 0 Å². The summed E-state index contributed by atoms with van der Waals surface area (Å²) in [5, 5.41) is 3.28. The minimum absolute atomic E-state index is 0.383. The van der Waals surface area contributed by atoms with Gasteiger partial charge in [0, 0.05) is 28.4 Å². The highest BCUT2D eigenvalue weighted by Crippen LogP contribution is 2.35. The Morgan fingerprint density at radius 3 is 2.41 bits per heavy atom. The SMILES string of the molecule is C=C(C)N(c1cccc(-c2nc(C(C)C)cs2)c1C)C(C)C. The summed E-state index contributed by atoms with van der Waals surface area (Å²) in [6, 6.07) is 6.84. The second kappa shape index (κ2) is 6.66. The lowest BCUT2D eigenvalue weighted by Crippen LogP contribution is -2.29. The number of aromatic nitrogens is 1. The molecule has 2 rings (SSSR count). The molecule has 0 N–H and O–H groups in total. The molecular weight excluding hydrogens is 288 g/mol. The van der Waals surface area contributed by atoms with Crippen LogP contribution in [0.5, 0.6) is 0 Å². The minimum atomic E-state index is 0.383. The molecule has 0 aliphatic heterocycles. The van der Waals surface area contributed by atoms with Crippen molar-refractivity contribution in [3.8, 4) is 10.6 Å². The Morgan fingerprint density at radius 1 is 1.23 bits per heavy atom. The van der Waals surface area contributed by atoms with Crippen LogP contribution in [0.3, 0.4) is 0 Å². The zero-order valence-corrected chi connectivity index (χ0v) is 15.3. The number of hydrogen-bond acceptors (Lipinski definition) is 3. The fourth-order valence-corrected chi connectivity index (χ4v) is 3.78. The number of nitrogens with zero attached hydrogens (tertiary/aromatic N) is 2. The van der Waals surface area contributed by atoms with Crippen LogP contribution in [0.1, 0.15) is 51.8 Å². The third-order valence-electron chi connectivity index (χ3n) is 3.84. The molecule has 0 saturated carbocycles. The highest BCUT2D eigenvalue weighted by Gasteiger charge is 2.17. The first-order chi connectivity index (χ1) is 10.3. The maximum atomic E-state index is 4.81. The van der Waals surface area contributed by atoms with Crippen molar-refractivity contribution < 1.29 is 0 Å². The molecule has 0 fully saturated rings. The molecule has 0 radical (unpaired) electrons. The van der Waals surface area contributed by atoms with E-state index in [1.165, 1.54) is 22.5 Å². The highest BCUT2D eigenvalue weighted by atomic mass is 32.1. The van der Waals surface area contributed by atoms with Gasteiger partial charge in [-0.2, -0.15) is 0 Å². The molecule has 1 aromatic carbocycles. The third kappa shape index (κ3) is 3.25. The summed E-state index contributed by atoms with van der Waals surface area (Å²) in [6.07, 6.45) is 0. The maximum Gasteiger partial charge on any atom is 0.123 e. The van der Waals surface area contributed by atoms with Gasteiger partial charge in [0.2, 0.25) is 0 Å². The molecule has 22 heavy (non-hydrogen) atoms. The van der Waals surface area contributed by atoms with Gasteiger partial charge in [0.15, 0.2) is 0 Å². The summed E-state index contributed by atoms with van der Waals surface area (Å²) in [6.45, 7) is 17.1. The van der Waals surface area contributed by atoms with Crippen LogP contribution in [0, 0.1) is 6.92 Å². The van der Waals surface area contributed by atoms with Crippen LogP contribution in [0.2, 0.25) is 0 Å². The first-order valence-electron chi connectivity index (χ1n) is 7.83. The van der Waals surface area contributed by atoms with Crippen molar-refractivity contribution in [2.45, 2.75) is 53.5 Å². The quantitative estimate of drug-likeness (QED) is 0.674. The predicted octanol–water partition coefficient (Wildman–Crippen LogP) is 5.99. The zero-order valence-electron chi connectivity index (χ0n) is 14.5. The molecule has 0 aliphatic rings. The molecule has 0 unspecified atom stereocenters. The van der Waals surface area contributed by atoms with E-state index in [1.54, 1.807) is 11.3 Å². The summed E-state index contributed by atoms with van der Waals surface area (Å²) in [5.41, 5.74) is 5.95. The topological polar surface area (TPSA) is 16.1 Å². The third-order valence-corrected chi connectivity index (χ3v) is 4.73. The second-order valence-electron chi connectivity index (χ2n) is 6.38. The molecule has 2 nitrogen and oxygen atoms in total. The minimum Gasteiger partial charge on any atom is -0.343 e. The van der Waals surface area contributed by atoms with E-state index in [-0.39, 0.29) is 0 Å². The number of allylic oxidation sites excluding steroid dienone is 1. The smallest absolute Gasteiger partial charge is 0.123 e. The van der Waals surface area contributed by atoms with Gasteiger partial charge in [-0.1, -0.05) is 32.6 Å². The van der Waals surface area contributed by atoms with Crippen LogP contribution < -0.4 is 4.90 Å². The number of thiazole rings is 1. The Balaban J connectivity index is 2.51. The van der Waals surface area contributed by atoms with Crippen LogP contribution in [0.25, 0.3) is 10.6 Å². The van der Waals surface area contributed by atoms with Gasteiger partial charge in [0.1, 0.15) is 5.01 Å². The highest BCUT2D eigenvalue weighted by molar-refractivity contribution is 7.13. The Kier molecular flexibility index (Phi) is 5.07. The van der Waals surface area contributed by atoms with Gasteiger partial charge < -0.3 is 4.90 Å². The molecule has 2 aromatic rings. The van der Waals surface area contributed by atoms with Gasteiger partial charge in [0.25, 0.3) is 0 Å². The summed E-state index contributed by atoms with van der Waals surface area (Å²) in [4.78, 5) is 7.10. The van der Waals surface area contributed by atoms with Crippen LogP contribution in [0.4, 0.5) is 5.69 Å². The summed E-state index contributed by atoms with van der Waals surface area (Å²) in [7, 11) is 0. The number of anilines is 1. The number of rotatable bonds is 5. The van der Waals surface area contributed by atoms with Crippen molar-refractivity contribution in [3.05, 3.63) is 47.1 Å². The fraction of sp³-hybridized carbons (Fsp3) is 0.421. The van der Waals surface area contributed by atoms with E-state index in [0.717, 1.165) is 10.7 Å². The Labute approximate surface area is 138 Å². The van der Waals surface area contributed by atoms with Crippen LogP contribution in [-0.4, -0.2) is 11.0 Å². The number of benzene rings is 1. The molecule has 1 heterocycles. The van der Waals surface area contributed by atoms with E-state index in [4.69, 9.17) is 4.98 Å². The normalized spacial score (nSPS) is 11.3. The lowest BCUT2D eigenvalue weighted by molar-refractivity contribution is 0.753. The van der Waals surface area contributed by atoms with Crippen LogP contribution in [-0.2, 0) is 0 Å². The van der Waals surface area contributed by atoms with Gasteiger partial charge in [0.05, 0.1) is 5.69 Å². The van der Waals surface area contributed by atoms with E-state index in [1.807, 2.05) is 0 Å². The van der Waals surface area contributed by atoms with E-state index < -0.39 is 0 Å². The van der Waals surface area contributed by atoms with Gasteiger partial charge in [-0.3, -0.25) is 0 Å². The largest absolute Gasteiger partial charge is 0.343 e. The molecule has 3 heteroatoms. The Morgan fingerprint density at radius 2 is 1.91 bits per heavy atom. The van der Waals surface area contributed by atoms with Gasteiger partial charge in [-0.05, 0) is 45.2 Å². The van der Waals surface area contributed by atoms with Crippen LogP contribution in [0.15, 0.2) is 35.9 Å².